The summed E-state index contributed by atoms with van der Waals surface area (Å²) >= 11 is 6.24. The Bertz CT molecular complexity index is 1940. The fraction of sp³-hybridized carbons (Fsp3) is 0.189. The largest absolute Gasteiger partial charge is 0.507 e. The molecule has 5 aromatic carbocycles. The highest BCUT2D eigenvalue weighted by atomic mass is 32.1. The van der Waals surface area contributed by atoms with E-state index < -0.39 is 5.54 Å². The molecule has 0 aliphatic carbocycles. The van der Waals surface area contributed by atoms with Crippen molar-refractivity contribution < 1.29 is 9.84 Å². The molecule has 0 aromatic heterocycles. The number of aryl methyl sites for hydroxylation is 2. The molecule has 0 radical (unpaired) electrons. The van der Waals surface area contributed by atoms with Gasteiger partial charge in [0.1, 0.15) is 27.8 Å². The van der Waals surface area contributed by atoms with Crippen LogP contribution in [-0.4, -0.2) is 34.4 Å². The molecule has 3 N–H and O–H groups in total. The van der Waals surface area contributed by atoms with Crippen LogP contribution in [0.4, 0.5) is 11.4 Å². The van der Waals surface area contributed by atoms with Crippen LogP contribution >= 0.6 is 12.2 Å². The van der Waals surface area contributed by atoms with E-state index in [1.807, 2.05) is 41.4 Å². The predicted molar refractivity (Wildman–Crippen MR) is 184 cm³/mol. The molecular formula is C37H34N4O2S. The van der Waals surface area contributed by atoms with E-state index in [-0.39, 0.29) is 5.75 Å². The number of phenols is 1. The Morgan fingerprint density at radius 3 is 2.09 bits per heavy atom. The van der Waals surface area contributed by atoms with E-state index in [2.05, 4.69) is 80.8 Å². The first-order valence-electron chi connectivity index (χ1n) is 15.0. The van der Waals surface area contributed by atoms with E-state index in [1.165, 1.54) is 0 Å². The van der Waals surface area contributed by atoms with Crippen molar-refractivity contribution in [3.63, 3.8) is 0 Å². The Balaban J connectivity index is 1.55. The standard InChI is InChI=1S/C37H34N4O2S/c1-5-38-31-19-34-29(17-22(31)3)37(30-18-23(4)32(39-6-2)20-35(30)43-34)28-14-10-9-13-26(28)36(44)41(37)40-21-27-25-12-8-7-11-24(25)15-16-33(27)42/h7-21,38-39,42H,5-6H2,1-4H3/b40-21+. The molecule has 7 rings (SSSR count). The summed E-state index contributed by atoms with van der Waals surface area (Å²) in [5, 5.41) is 27.0. The van der Waals surface area contributed by atoms with Crippen LogP contribution < -0.4 is 15.4 Å². The Labute approximate surface area is 263 Å². The topological polar surface area (TPSA) is 69.1 Å². The molecule has 0 bridgehead atoms. The van der Waals surface area contributed by atoms with Gasteiger partial charge < -0.3 is 20.5 Å². The Hall–Kier alpha value is -4.88. The van der Waals surface area contributed by atoms with Gasteiger partial charge in [0.05, 0.1) is 6.21 Å². The lowest BCUT2D eigenvalue weighted by Gasteiger charge is -2.43. The van der Waals surface area contributed by atoms with Gasteiger partial charge >= 0.3 is 0 Å². The lowest BCUT2D eigenvalue weighted by Crippen LogP contribution is -2.44. The van der Waals surface area contributed by atoms with Crippen LogP contribution in [0.3, 0.4) is 0 Å². The number of hydrogen-bond donors (Lipinski definition) is 3. The Kier molecular flexibility index (Phi) is 6.78. The maximum Gasteiger partial charge on any atom is 0.147 e. The van der Waals surface area contributed by atoms with E-state index in [4.69, 9.17) is 22.1 Å². The number of thiocarbonyl (C=S) groups is 1. The SMILES string of the molecule is CCNc1cc2c(cc1C)C1(c3cc(C)c(NCC)cc3O2)c2ccccc2C(=S)N1/N=C/c1c(O)ccc2ccccc12. The number of phenolic OH excluding ortho intramolecular Hbond substituents is 1. The molecule has 5 aromatic rings. The highest BCUT2D eigenvalue weighted by molar-refractivity contribution is 7.80. The number of hydrazone groups is 1. The van der Waals surface area contributed by atoms with Crippen molar-refractivity contribution in [3.8, 4) is 17.2 Å². The molecule has 220 valence electrons. The first kappa shape index (κ1) is 27.9. The number of ether oxygens (including phenoxy) is 1. The number of fused-ring (bicyclic) bond motifs is 7. The lowest BCUT2D eigenvalue weighted by atomic mass is 9.74. The second-order valence-electron chi connectivity index (χ2n) is 11.3. The number of anilines is 2. The van der Waals surface area contributed by atoms with Gasteiger partial charge in [-0.2, -0.15) is 5.10 Å². The van der Waals surface area contributed by atoms with Crippen LogP contribution in [0.5, 0.6) is 17.2 Å². The van der Waals surface area contributed by atoms with Crippen molar-refractivity contribution in [3.05, 3.63) is 124 Å². The molecule has 0 unspecified atom stereocenters. The zero-order chi connectivity index (χ0) is 30.6. The second kappa shape index (κ2) is 10.7. The summed E-state index contributed by atoms with van der Waals surface area (Å²) in [5.74, 6) is 1.66. The fourth-order valence-electron chi connectivity index (χ4n) is 6.69. The summed E-state index contributed by atoms with van der Waals surface area (Å²) in [5.41, 5.74) is 7.90. The third kappa shape index (κ3) is 4.07. The van der Waals surface area contributed by atoms with Crippen molar-refractivity contribution in [1.29, 1.82) is 0 Å². The van der Waals surface area contributed by atoms with Crippen LogP contribution in [0.1, 0.15) is 52.8 Å². The Morgan fingerprint density at radius 1 is 0.818 bits per heavy atom. The normalized spacial score (nSPS) is 14.5. The molecule has 0 saturated heterocycles. The minimum atomic E-state index is -0.904. The molecular weight excluding hydrogens is 565 g/mol. The van der Waals surface area contributed by atoms with E-state index >= 15 is 0 Å². The highest BCUT2D eigenvalue weighted by Crippen LogP contribution is 2.59. The van der Waals surface area contributed by atoms with Crippen molar-refractivity contribution >= 4 is 45.6 Å². The van der Waals surface area contributed by atoms with Gasteiger partial charge in [0.2, 0.25) is 0 Å². The van der Waals surface area contributed by atoms with Gasteiger partial charge in [-0.1, -0.05) is 66.8 Å². The zero-order valence-electron chi connectivity index (χ0n) is 25.2. The van der Waals surface area contributed by atoms with Crippen molar-refractivity contribution in [2.75, 3.05) is 23.7 Å². The fourth-order valence-corrected chi connectivity index (χ4v) is 7.06. The molecule has 2 aliphatic heterocycles. The molecule has 0 saturated carbocycles. The van der Waals surface area contributed by atoms with Gasteiger partial charge in [0.25, 0.3) is 0 Å². The minimum absolute atomic E-state index is 0.161. The molecule has 2 aliphatic rings. The molecule has 0 amide bonds. The van der Waals surface area contributed by atoms with Crippen LogP contribution in [0.2, 0.25) is 0 Å². The lowest BCUT2D eigenvalue weighted by molar-refractivity contribution is 0.269. The van der Waals surface area contributed by atoms with E-state index in [0.29, 0.717) is 10.6 Å². The molecule has 44 heavy (non-hydrogen) atoms. The van der Waals surface area contributed by atoms with Gasteiger partial charge in [-0.05, 0) is 73.4 Å². The van der Waals surface area contributed by atoms with Crippen molar-refractivity contribution in [2.24, 2.45) is 5.10 Å². The van der Waals surface area contributed by atoms with Crippen LogP contribution in [0.25, 0.3) is 10.8 Å². The first-order chi connectivity index (χ1) is 21.4. The molecule has 6 nitrogen and oxygen atoms in total. The summed E-state index contributed by atoms with van der Waals surface area (Å²) in [7, 11) is 0. The highest BCUT2D eigenvalue weighted by Gasteiger charge is 2.55. The smallest absolute Gasteiger partial charge is 0.147 e. The Morgan fingerprint density at radius 2 is 1.43 bits per heavy atom. The van der Waals surface area contributed by atoms with Gasteiger partial charge in [-0.15, -0.1) is 0 Å². The predicted octanol–water partition coefficient (Wildman–Crippen LogP) is 8.45. The average Bonchev–Trinajstić information content (AvgIpc) is 3.27. The van der Waals surface area contributed by atoms with Gasteiger partial charge in [0, 0.05) is 58.9 Å². The monoisotopic (exact) mass is 598 g/mol. The number of aromatic hydroxyl groups is 1. The quantitative estimate of drug-likeness (QED) is 0.135. The van der Waals surface area contributed by atoms with E-state index in [1.54, 1.807) is 12.3 Å². The maximum absolute atomic E-state index is 11.0. The maximum atomic E-state index is 11.0. The molecule has 0 fully saturated rings. The van der Waals surface area contributed by atoms with Crippen LogP contribution in [-0.2, 0) is 5.54 Å². The first-order valence-corrected chi connectivity index (χ1v) is 15.4. The van der Waals surface area contributed by atoms with Gasteiger partial charge in [-0.3, -0.25) is 0 Å². The van der Waals surface area contributed by atoms with Crippen LogP contribution in [0, 0.1) is 13.8 Å². The van der Waals surface area contributed by atoms with E-state index in [9.17, 15) is 5.11 Å². The summed E-state index contributed by atoms with van der Waals surface area (Å²) in [6.45, 7) is 10.00. The van der Waals surface area contributed by atoms with Crippen LogP contribution in [0.15, 0.2) is 90.0 Å². The number of hydrogen-bond acceptors (Lipinski definition) is 6. The molecule has 1 spiro atoms. The summed E-state index contributed by atoms with van der Waals surface area (Å²) in [4.78, 5) is 0.609. The van der Waals surface area contributed by atoms with Crippen molar-refractivity contribution in [1.82, 2.24) is 5.01 Å². The zero-order valence-corrected chi connectivity index (χ0v) is 26.0. The third-order valence-electron chi connectivity index (χ3n) is 8.69. The minimum Gasteiger partial charge on any atom is -0.507 e. The molecule has 2 heterocycles. The summed E-state index contributed by atoms with van der Waals surface area (Å²) < 4.78 is 6.74. The molecule has 0 atom stereocenters. The second-order valence-corrected chi connectivity index (χ2v) is 11.7. The summed E-state index contributed by atoms with van der Waals surface area (Å²) in [6, 6.07) is 28.5. The van der Waals surface area contributed by atoms with Crippen molar-refractivity contribution in [2.45, 2.75) is 33.2 Å². The summed E-state index contributed by atoms with van der Waals surface area (Å²) in [6.07, 6.45) is 1.74. The average molecular weight is 599 g/mol. The third-order valence-corrected chi connectivity index (χ3v) is 9.09. The van der Waals surface area contributed by atoms with Gasteiger partial charge in [-0.25, -0.2) is 5.01 Å². The number of benzene rings is 5. The van der Waals surface area contributed by atoms with Gasteiger partial charge in [0.15, 0.2) is 0 Å². The molecule has 7 heteroatoms. The number of rotatable bonds is 6. The number of nitrogens with one attached hydrogen (secondary N) is 2. The van der Waals surface area contributed by atoms with E-state index in [0.717, 1.165) is 80.1 Å². The number of nitrogens with zero attached hydrogens (tertiary/aromatic N) is 2.